The molecule has 0 aliphatic carbocycles. The van der Waals surface area contributed by atoms with Crippen LogP contribution in [0.4, 0.5) is 0 Å². The lowest BCUT2D eigenvalue weighted by Gasteiger charge is -2.40. The Hall–Kier alpha value is -4.48. The van der Waals surface area contributed by atoms with Crippen molar-refractivity contribution < 1.29 is 33.5 Å². The number of likely N-dealkylation sites (tertiary alicyclic amines) is 1. The van der Waals surface area contributed by atoms with Gasteiger partial charge in [0.1, 0.15) is 5.75 Å². The van der Waals surface area contributed by atoms with E-state index < -0.39 is 0 Å². The molecule has 55 heavy (non-hydrogen) atoms. The van der Waals surface area contributed by atoms with Crippen molar-refractivity contribution in [3.05, 3.63) is 93.5 Å². The summed E-state index contributed by atoms with van der Waals surface area (Å²) in [6, 6.07) is 19.1. The zero-order valence-corrected chi connectivity index (χ0v) is 33.2. The molecule has 5 aliphatic heterocycles. The number of benzene rings is 4. The molecule has 1 fully saturated rings. The van der Waals surface area contributed by atoms with Gasteiger partial charge in [-0.05, 0) is 129 Å². The highest BCUT2D eigenvalue weighted by Crippen LogP contribution is 2.54. The summed E-state index contributed by atoms with van der Waals surface area (Å²) >= 11 is 0. The predicted molar refractivity (Wildman–Crippen MR) is 213 cm³/mol. The molecule has 6 bridgehead atoms. The Morgan fingerprint density at radius 2 is 1.44 bits per heavy atom. The second-order valence-electron chi connectivity index (χ2n) is 15.6. The molecule has 292 valence electrons. The number of fused-ring (bicyclic) bond motifs is 2. The van der Waals surface area contributed by atoms with Gasteiger partial charge in [0.2, 0.25) is 5.75 Å². The van der Waals surface area contributed by atoms with Gasteiger partial charge in [0, 0.05) is 56.0 Å². The number of methoxy groups -OCH3 is 4. The molecule has 10 nitrogen and oxygen atoms in total. The van der Waals surface area contributed by atoms with Crippen molar-refractivity contribution in [1.82, 2.24) is 14.7 Å². The van der Waals surface area contributed by atoms with E-state index in [-0.39, 0.29) is 24.6 Å². The molecular weight excluding hydrogens is 695 g/mol. The average molecular weight is 750 g/mol. The SMILES string of the molecule is COc1ccc2cc1Oc1ccc(cc1)CC1c3cc(c(OC)cc3CCN1C)Oc1c(OC)c(OC)c(CN3CCCC(CO)C3)c3c1C(C2)N(C)CC3. The van der Waals surface area contributed by atoms with E-state index in [9.17, 15) is 5.11 Å². The van der Waals surface area contributed by atoms with Gasteiger partial charge in [-0.25, -0.2) is 0 Å². The van der Waals surface area contributed by atoms with Crippen molar-refractivity contribution in [2.24, 2.45) is 5.92 Å². The maximum atomic E-state index is 10.1. The van der Waals surface area contributed by atoms with Crippen molar-refractivity contribution in [3.8, 4) is 46.0 Å². The van der Waals surface area contributed by atoms with Crippen LogP contribution in [-0.4, -0.2) is 95.1 Å². The number of aliphatic hydroxyl groups excluding tert-OH is 1. The molecule has 4 aromatic rings. The van der Waals surface area contributed by atoms with Crippen LogP contribution in [0.3, 0.4) is 0 Å². The Balaban J connectivity index is 1.36. The van der Waals surface area contributed by atoms with Gasteiger partial charge in [0.15, 0.2) is 34.5 Å². The van der Waals surface area contributed by atoms with E-state index in [2.05, 4.69) is 77.3 Å². The molecule has 9 rings (SSSR count). The summed E-state index contributed by atoms with van der Waals surface area (Å²) in [4.78, 5) is 7.32. The van der Waals surface area contributed by atoms with Crippen LogP contribution in [0.2, 0.25) is 0 Å². The molecule has 4 aromatic carbocycles. The van der Waals surface area contributed by atoms with Gasteiger partial charge in [-0.2, -0.15) is 0 Å². The largest absolute Gasteiger partial charge is 0.493 e. The van der Waals surface area contributed by atoms with Gasteiger partial charge >= 0.3 is 0 Å². The van der Waals surface area contributed by atoms with Crippen molar-refractivity contribution in [1.29, 1.82) is 0 Å². The summed E-state index contributed by atoms with van der Waals surface area (Å²) in [5.41, 5.74) is 8.29. The second kappa shape index (κ2) is 15.9. The van der Waals surface area contributed by atoms with Gasteiger partial charge in [-0.3, -0.25) is 14.7 Å². The molecule has 0 aromatic heterocycles. The van der Waals surface area contributed by atoms with Crippen molar-refractivity contribution >= 4 is 0 Å². The van der Waals surface area contributed by atoms with Crippen LogP contribution < -0.4 is 28.4 Å². The minimum absolute atomic E-state index is 0.0641. The molecule has 5 aliphatic rings. The van der Waals surface area contributed by atoms with Gasteiger partial charge < -0.3 is 33.5 Å². The molecule has 1 saturated heterocycles. The van der Waals surface area contributed by atoms with E-state index in [4.69, 9.17) is 28.4 Å². The molecule has 1 N–H and O–H groups in total. The third-order valence-electron chi connectivity index (χ3n) is 12.4. The van der Waals surface area contributed by atoms with Gasteiger partial charge in [-0.1, -0.05) is 18.2 Å². The minimum Gasteiger partial charge on any atom is -0.493 e. The highest BCUT2D eigenvalue weighted by molar-refractivity contribution is 5.67. The molecule has 0 spiro atoms. The van der Waals surface area contributed by atoms with Crippen LogP contribution in [0.25, 0.3) is 0 Å². The summed E-state index contributed by atoms with van der Waals surface area (Å²) in [5, 5.41) is 10.1. The van der Waals surface area contributed by atoms with E-state index in [1.165, 1.54) is 22.3 Å². The number of rotatable bonds is 7. The summed E-state index contributed by atoms with van der Waals surface area (Å²) in [6.07, 6.45) is 5.37. The van der Waals surface area contributed by atoms with Gasteiger partial charge in [0.25, 0.3) is 0 Å². The molecular formula is C45H55N3O7. The fourth-order valence-electron chi connectivity index (χ4n) is 9.34. The van der Waals surface area contributed by atoms with E-state index >= 15 is 0 Å². The van der Waals surface area contributed by atoms with E-state index in [1.807, 2.05) is 6.07 Å². The Bertz CT molecular complexity index is 2020. The van der Waals surface area contributed by atoms with Gasteiger partial charge in [0.05, 0.1) is 28.4 Å². The Morgan fingerprint density at radius 3 is 2.18 bits per heavy atom. The minimum atomic E-state index is -0.0641. The van der Waals surface area contributed by atoms with Crippen molar-refractivity contribution in [2.75, 3.05) is 75.3 Å². The number of hydrogen-bond donors (Lipinski definition) is 1. The fraction of sp³-hybridized carbons (Fsp3) is 0.467. The predicted octanol–water partition coefficient (Wildman–Crippen LogP) is 7.37. The molecule has 5 heterocycles. The maximum absolute atomic E-state index is 10.1. The van der Waals surface area contributed by atoms with Crippen molar-refractivity contribution in [3.63, 3.8) is 0 Å². The lowest BCUT2D eigenvalue weighted by Crippen LogP contribution is -2.38. The first kappa shape index (κ1) is 37.4. The van der Waals surface area contributed by atoms with Crippen molar-refractivity contribution in [2.45, 2.75) is 57.2 Å². The third kappa shape index (κ3) is 7.21. The van der Waals surface area contributed by atoms with Crippen LogP contribution in [0.15, 0.2) is 54.6 Å². The number of hydrogen-bond acceptors (Lipinski definition) is 10. The second-order valence-corrected chi connectivity index (χ2v) is 15.6. The zero-order valence-electron chi connectivity index (χ0n) is 33.2. The first-order chi connectivity index (χ1) is 26.8. The molecule has 0 radical (unpaired) electrons. The van der Waals surface area contributed by atoms with Crippen LogP contribution in [0, 0.1) is 5.92 Å². The van der Waals surface area contributed by atoms with Crippen LogP contribution in [0.5, 0.6) is 46.0 Å². The molecule has 0 amide bonds. The monoisotopic (exact) mass is 749 g/mol. The Morgan fingerprint density at radius 1 is 0.727 bits per heavy atom. The normalized spacial score (nSPS) is 21.4. The lowest BCUT2D eigenvalue weighted by atomic mass is 9.84. The van der Waals surface area contributed by atoms with Crippen LogP contribution >= 0.6 is 0 Å². The smallest absolute Gasteiger partial charge is 0.204 e. The van der Waals surface area contributed by atoms with Gasteiger partial charge in [-0.15, -0.1) is 0 Å². The summed E-state index contributed by atoms with van der Waals surface area (Å²) < 4.78 is 38.4. The number of likely N-dealkylation sites (N-methyl/N-ethyl adjacent to an activating group) is 2. The topological polar surface area (TPSA) is 85.3 Å². The number of aliphatic hydroxyl groups is 1. The van der Waals surface area contributed by atoms with Crippen LogP contribution in [0.1, 0.15) is 63.9 Å². The number of nitrogens with zero attached hydrogens (tertiary/aromatic N) is 3. The highest BCUT2D eigenvalue weighted by atomic mass is 16.5. The molecule has 0 saturated carbocycles. The van der Waals surface area contributed by atoms with E-state index in [0.29, 0.717) is 53.2 Å². The van der Waals surface area contributed by atoms with Crippen LogP contribution in [-0.2, 0) is 32.2 Å². The molecule has 3 atom stereocenters. The highest BCUT2D eigenvalue weighted by Gasteiger charge is 2.38. The average Bonchev–Trinajstić information content (AvgIpc) is 3.20. The summed E-state index contributed by atoms with van der Waals surface area (Å²) in [6.45, 7) is 4.52. The summed E-state index contributed by atoms with van der Waals surface area (Å²) in [7, 11) is 11.2. The standard InChI is InChI=1S/C45H55N3O7/c1-46-18-15-31-23-39(51-4)41-24-34(31)36(46)20-28-9-12-32(13-10-28)54-40-22-29(11-14-38(40)50-3)21-37-42-33(16-19-47(37)2)35(26-48-17-7-8-30(25-48)27-49)43(52-5)45(53-6)44(42)55-41/h9-14,22-24,30,36-37,49H,7-8,15-21,25-27H2,1-6H3. The molecule has 3 unspecified atom stereocenters. The Kier molecular flexibility index (Phi) is 10.9. The first-order valence-electron chi connectivity index (χ1n) is 19.7. The zero-order chi connectivity index (χ0) is 38.2. The fourth-order valence-corrected chi connectivity index (χ4v) is 9.34. The third-order valence-corrected chi connectivity index (χ3v) is 12.4. The van der Waals surface area contributed by atoms with E-state index in [0.717, 1.165) is 80.7 Å². The first-order valence-corrected chi connectivity index (χ1v) is 19.7. The lowest BCUT2D eigenvalue weighted by molar-refractivity contribution is 0.114. The summed E-state index contributed by atoms with van der Waals surface area (Å²) in [5.74, 6) is 5.67. The maximum Gasteiger partial charge on any atom is 0.204 e. The number of piperidine rings is 1. The molecule has 10 heteroatoms. The Labute approximate surface area is 325 Å². The number of ether oxygens (including phenoxy) is 6. The van der Waals surface area contributed by atoms with E-state index in [1.54, 1.807) is 28.4 Å². The quantitative estimate of drug-likeness (QED) is 0.207.